The lowest BCUT2D eigenvalue weighted by molar-refractivity contribution is -0.129. The second-order valence-electron chi connectivity index (χ2n) is 7.90. The van der Waals surface area contributed by atoms with Crippen LogP contribution < -0.4 is 15.4 Å². The van der Waals surface area contributed by atoms with E-state index in [0.717, 1.165) is 5.56 Å². The van der Waals surface area contributed by atoms with Crippen molar-refractivity contribution in [3.05, 3.63) is 53.4 Å². The Morgan fingerprint density at radius 1 is 1.19 bits per heavy atom. The van der Waals surface area contributed by atoms with Gasteiger partial charge in [-0.15, -0.1) is 11.3 Å². The first-order chi connectivity index (χ1) is 14.9. The lowest BCUT2D eigenvalue weighted by Crippen LogP contribution is -2.58. The van der Waals surface area contributed by atoms with E-state index in [-0.39, 0.29) is 34.1 Å². The predicted molar refractivity (Wildman–Crippen MR) is 118 cm³/mol. The quantitative estimate of drug-likeness (QED) is 0.544. The third kappa shape index (κ3) is 5.32. The number of sulfonamides is 1. The number of hydrogen-bond acceptors (Lipinski definition) is 6. The van der Waals surface area contributed by atoms with Gasteiger partial charge >= 0.3 is 0 Å². The van der Waals surface area contributed by atoms with Crippen LogP contribution in [0, 0.1) is 0 Å². The Kier molecular flexibility index (Phi) is 6.71. The summed E-state index contributed by atoms with van der Waals surface area (Å²) >= 11 is 1.17. The molecule has 0 saturated carbocycles. The molecule has 3 atom stereocenters. The number of piperazine rings is 1. The minimum absolute atomic E-state index is 0.00131. The molecule has 0 aliphatic carbocycles. The monoisotopic (exact) mass is 462 g/mol. The van der Waals surface area contributed by atoms with E-state index in [4.69, 9.17) is 0 Å². The highest BCUT2D eigenvalue weighted by molar-refractivity contribution is 7.91. The molecule has 2 aromatic rings. The van der Waals surface area contributed by atoms with Crippen molar-refractivity contribution in [2.24, 2.45) is 0 Å². The maximum atomic E-state index is 12.5. The molecule has 1 aromatic heterocycles. The van der Waals surface area contributed by atoms with Crippen LogP contribution in [0.15, 0.2) is 52.1 Å². The van der Waals surface area contributed by atoms with Gasteiger partial charge in [-0.2, -0.15) is 0 Å². The van der Waals surface area contributed by atoms with Gasteiger partial charge < -0.3 is 10.6 Å². The molecule has 3 N–H and O–H groups in total. The van der Waals surface area contributed by atoms with Crippen LogP contribution in [0.5, 0.6) is 0 Å². The average Bonchev–Trinajstić information content (AvgIpc) is 3.43. The molecule has 2 aliphatic heterocycles. The Hall–Kier alpha value is -2.27. The Labute approximate surface area is 186 Å². The summed E-state index contributed by atoms with van der Waals surface area (Å²) in [5, 5.41) is 7.56. The lowest BCUT2D eigenvalue weighted by Gasteiger charge is -2.37. The molecule has 0 bridgehead atoms. The zero-order valence-corrected chi connectivity index (χ0v) is 18.6. The average molecular weight is 463 g/mol. The molecule has 2 fully saturated rings. The highest BCUT2D eigenvalue weighted by atomic mass is 32.2. The topological polar surface area (TPSA) is 108 Å². The van der Waals surface area contributed by atoms with Gasteiger partial charge in [-0.05, 0) is 29.9 Å². The van der Waals surface area contributed by atoms with Gasteiger partial charge in [-0.25, -0.2) is 13.1 Å². The van der Waals surface area contributed by atoms with Gasteiger partial charge in [0.2, 0.25) is 21.8 Å². The predicted octanol–water partition coefficient (Wildman–Crippen LogP) is 1.06. The Morgan fingerprint density at radius 3 is 2.74 bits per heavy atom. The van der Waals surface area contributed by atoms with Crippen molar-refractivity contribution in [3.63, 3.8) is 0 Å². The minimum atomic E-state index is -3.59. The van der Waals surface area contributed by atoms with E-state index in [0.29, 0.717) is 38.9 Å². The number of fused-ring (bicyclic) bond motifs is 1. The second kappa shape index (κ2) is 9.47. The molecule has 2 aliphatic rings. The fourth-order valence-electron chi connectivity index (χ4n) is 4.21. The van der Waals surface area contributed by atoms with Crippen molar-refractivity contribution in [3.8, 4) is 0 Å². The number of thiophene rings is 1. The van der Waals surface area contributed by atoms with Crippen LogP contribution in [0.4, 0.5) is 0 Å². The maximum Gasteiger partial charge on any atom is 0.250 e. The van der Waals surface area contributed by atoms with Crippen molar-refractivity contribution >= 4 is 33.2 Å². The normalized spacial score (nSPS) is 23.9. The number of nitrogens with one attached hydrogen (secondary N) is 3. The van der Waals surface area contributed by atoms with Gasteiger partial charge in [0.05, 0.1) is 6.04 Å². The first-order valence-corrected chi connectivity index (χ1v) is 12.7. The fourth-order valence-corrected chi connectivity index (χ4v) is 6.46. The number of carbonyl (C=O) groups is 2. The molecule has 10 heteroatoms. The van der Waals surface area contributed by atoms with E-state index in [1.807, 2.05) is 35.2 Å². The molecule has 2 saturated heterocycles. The van der Waals surface area contributed by atoms with Crippen LogP contribution in [-0.4, -0.2) is 56.3 Å². The van der Waals surface area contributed by atoms with Gasteiger partial charge in [0.1, 0.15) is 4.21 Å². The summed E-state index contributed by atoms with van der Waals surface area (Å²) in [7, 11) is -3.59. The van der Waals surface area contributed by atoms with Gasteiger partial charge in [0.25, 0.3) is 0 Å². The summed E-state index contributed by atoms with van der Waals surface area (Å²) in [5.41, 5.74) is 1.04. The lowest BCUT2D eigenvalue weighted by atomic mass is 10.0. The van der Waals surface area contributed by atoms with Crippen molar-refractivity contribution in [1.82, 2.24) is 20.3 Å². The molecule has 0 unspecified atom stereocenters. The summed E-state index contributed by atoms with van der Waals surface area (Å²) < 4.78 is 28.1. The Bertz CT molecular complexity index is 1010. The zero-order valence-electron chi connectivity index (χ0n) is 17.0. The van der Waals surface area contributed by atoms with Crippen LogP contribution >= 0.6 is 11.3 Å². The molecule has 166 valence electrons. The summed E-state index contributed by atoms with van der Waals surface area (Å²) in [6.07, 6.45) is 1.37. The van der Waals surface area contributed by atoms with Crippen molar-refractivity contribution in [2.45, 2.75) is 48.1 Å². The smallest absolute Gasteiger partial charge is 0.250 e. The van der Waals surface area contributed by atoms with Crippen molar-refractivity contribution in [1.29, 1.82) is 0 Å². The van der Waals surface area contributed by atoms with E-state index < -0.39 is 10.0 Å². The summed E-state index contributed by atoms with van der Waals surface area (Å²) in [5.74, 6) is -0.117. The molecular weight excluding hydrogens is 436 g/mol. The summed E-state index contributed by atoms with van der Waals surface area (Å²) in [6, 6.07) is 12.3. The molecule has 0 spiro atoms. The summed E-state index contributed by atoms with van der Waals surface area (Å²) in [4.78, 5) is 26.7. The first kappa shape index (κ1) is 21.9. The molecule has 8 nitrogen and oxygen atoms in total. The van der Waals surface area contributed by atoms with E-state index in [9.17, 15) is 18.0 Å². The van der Waals surface area contributed by atoms with Crippen LogP contribution in [-0.2, 0) is 26.2 Å². The third-order valence-electron chi connectivity index (χ3n) is 5.74. The highest BCUT2D eigenvalue weighted by Crippen LogP contribution is 2.27. The van der Waals surface area contributed by atoms with Crippen LogP contribution in [0.2, 0.25) is 0 Å². The fraction of sp³-hybridized carbons (Fsp3) is 0.429. The molecule has 0 radical (unpaired) electrons. The van der Waals surface area contributed by atoms with Crippen LogP contribution in [0.25, 0.3) is 0 Å². The second-order valence-corrected chi connectivity index (χ2v) is 10.8. The Balaban J connectivity index is 1.31. The maximum absolute atomic E-state index is 12.5. The van der Waals surface area contributed by atoms with E-state index in [1.54, 1.807) is 17.5 Å². The van der Waals surface area contributed by atoms with Crippen LogP contribution in [0.3, 0.4) is 0 Å². The molecule has 2 amide bonds. The molecular formula is C21H26N4O4S2. The number of benzene rings is 1. The first-order valence-electron chi connectivity index (χ1n) is 10.3. The zero-order chi connectivity index (χ0) is 21.8. The van der Waals surface area contributed by atoms with Gasteiger partial charge in [-0.1, -0.05) is 36.4 Å². The largest absolute Gasteiger partial charge is 0.353 e. The van der Waals surface area contributed by atoms with Gasteiger partial charge in [0.15, 0.2) is 0 Å². The van der Waals surface area contributed by atoms with Gasteiger partial charge in [-0.3, -0.25) is 14.5 Å². The highest BCUT2D eigenvalue weighted by Gasteiger charge is 2.44. The van der Waals surface area contributed by atoms with E-state index in [1.165, 1.54) is 11.3 Å². The van der Waals surface area contributed by atoms with Crippen LogP contribution in [0.1, 0.15) is 24.8 Å². The van der Waals surface area contributed by atoms with Crippen molar-refractivity contribution < 1.29 is 18.0 Å². The number of carbonyl (C=O) groups excluding carboxylic acids is 2. The van der Waals surface area contributed by atoms with Crippen molar-refractivity contribution in [2.75, 3.05) is 13.1 Å². The third-order valence-corrected chi connectivity index (χ3v) is 8.66. The number of rotatable bonds is 8. The minimum Gasteiger partial charge on any atom is -0.353 e. The molecule has 31 heavy (non-hydrogen) atoms. The SMILES string of the molecule is O=C(CC[C@@H]1CNC(=O)[C@@H]2C[C@H](NS(=O)(=O)c3cccs3)CN12)NCc1ccccc1. The number of hydrogen-bond donors (Lipinski definition) is 3. The molecule has 4 rings (SSSR count). The number of amides is 2. The summed E-state index contributed by atoms with van der Waals surface area (Å²) in [6.45, 7) is 1.41. The van der Waals surface area contributed by atoms with E-state index >= 15 is 0 Å². The standard InChI is InChI=1S/C21H26N4O4S2/c26-19(22-12-15-5-2-1-3-6-15)9-8-17-13-23-21(27)18-11-16(14-25(17)18)24-31(28,29)20-7-4-10-30-20/h1-7,10,16-18,24H,8-9,11-14H2,(H,22,26)(H,23,27)/t16-,17+,18-/m0/s1. The number of nitrogens with zero attached hydrogens (tertiary/aromatic N) is 1. The molecule has 3 heterocycles. The molecule has 1 aromatic carbocycles. The Morgan fingerprint density at radius 2 is 2.00 bits per heavy atom. The van der Waals surface area contributed by atoms with E-state index in [2.05, 4.69) is 15.4 Å². The van der Waals surface area contributed by atoms with Gasteiger partial charge in [0, 0.05) is 38.1 Å².